The van der Waals surface area contributed by atoms with Crippen molar-refractivity contribution in [1.82, 2.24) is 10.2 Å². The van der Waals surface area contributed by atoms with E-state index in [1.165, 1.54) is 0 Å². The lowest BCUT2D eigenvalue weighted by Crippen LogP contribution is -2.54. The molecule has 0 aromatic heterocycles. The molecule has 4 nitrogen and oxygen atoms in total. The average molecular weight is 341 g/mol. The van der Waals surface area contributed by atoms with Gasteiger partial charge in [0.2, 0.25) is 0 Å². The molecule has 0 aliphatic carbocycles. The fourth-order valence-electron chi connectivity index (χ4n) is 2.62. The smallest absolute Gasteiger partial charge is 0.254 e. The monoisotopic (exact) mass is 340 g/mol. The van der Waals surface area contributed by atoms with Crippen molar-refractivity contribution < 1.29 is 9.53 Å². The van der Waals surface area contributed by atoms with E-state index < -0.39 is 5.60 Å². The van der Waals surface area contributed by atoms with E-state index in [0.29, 0.717) is 6.54 Å². The predicted molar refractivity (Wildman–Crippen MR) is 82.5 cm³/mol. The second-order valence-corrected chi connectivity index (χ2v) is 6.15. The van der Waals surface area contributed by atoms with Gasteiger partial charge in [0, 0.05) is 25.2 Å². The molecule has 110 valence electrons. The zero-order valence-electron chi connectivity index (χ0n) is 12.0. The Bertz CT molecular complexity index is 455. The summed E-state index contributed by atoms with van der Waals surface area (Å²) >= 11 is 3.42. The lowest BCUT2D eigenvalue weighted by molar-refractivity contribution is -0.157. The van der Waals surface area contributed by atoms with Crippen molar-refractivity contribution in [1.29, 1.82) is 0 Å². The SMILES string of the molecule is COC1(C(=O)N(C)Cc2ccc(Br)cc2)CCNCC1. The van der Waals surface area contributed by atoms with E-state index >= 15 is 0 Å². The van der Waals surface area contributed by atoms with E-state index in [0.717, 1.165) is 36.0 Å². The van der Waals surface area contributed by atoms with Crippen LogP contribution in [0.3, 0.4) is 0 Å². The number of piperidine rings is 1. The summed E-state index contributed by atoms with van der Waals surface area (Å²) in [7, 11) is 3.48. The Hall–Kier alpha value is -0.910. The third kappa shape index (κ3) is 3.40. The topological polar surface area (TPSA) is 41.6 Å². The van der Waals surface area contributed by atoms with E-state index in [9.17, 15) is 4.79 Å². The first-order valence-corrected chi connectivity index (χ1v) is 7.62. The van der Waals surface area contributed by atoms with Crippen molar-refractivity contribution in [2.45, 2.75) is 25.0 Å². The van der Waals surface area contributed by atoms with Crippen molar-refractivity contribution >= 4 is 21.8 Å². The maximum atomic E-state index is 12.7. The van der Waals surface area contributed by atoms with Crippen LogP contribution in [0, 0.1) is 0 Å². The number of halogens is 1. The number of rotatable bonds is 4. The van der Waals surface area contributed by atoms with Crippen LogP contribution in [0.15, 0.2) is 28.7 Å². The maximum absolute atomic E-state index is 12.7. The first kappa shape index (κ1) is 15.5. The maximum Gasteiger partial charge on any atom is 0.254 e. The molecule has 0 atom stereocenters. The zero-order valence-corrected chi connectivity index (χ0v) is 13.6. The number of methoxy groups -OCH3 is 1. The van der Waals surface area contributed by atoms with Gasteiger partial charge in [0.15, 0.2) is 0 Å². The van der Waals surface area contributed by atoms with E-state index in [-0.39, 0.29) is 5.91 Å². The summed E-state index contributed by atoms with van der Waals surface area (Å²) in [6.45, 7) is 2.25. The molecule has 1 aromatic carbocycles. The molecule has 0 spiro atoms. The number of hydrogen-bond acceptors (Lipinski definition) is 3. The van der Waals surface area contributed by atoms with E-state index in [1.807, 2.05) is 31.3 Å². The van der Waals surface area contributed by atoms with Gasteiger partial charge in [0.05, 0.1) is 0 Å². The highest BCUT2D eigenvalue weighted by Gasteiger charge is 2.41. The summed E-state index contributed by atoms with van der Waals surface area (Å²) in [6, 6.07) is 8.03. The molecule has 5 heteroatoms. The normalized spacial score (nSPS) is 17.8. The van der Waals surface area contributed by atoms with Crippen molar-refractivity contribution in [2.24, 2.45) is 0 Å². The van der Waals surface area contributed by atoms with E-state index in [1.54, 1.807) is 12.0 Å². The van der Waals surface area contributed by atoms with Crippen LogP contribution < -0.4 is 5.32 Å². The first-order chi connectivity index (χ1) is 9.57. The molecule has 1 aliphatic heterocycles. The number of ether oxygens (including phenoxy) is 1. The average Bonchev–Trinajstić information content (AvgIpc) is 2.49. The van der Waals surface area contributed by atoms with Crippen molar-refractivity contribution in [3.05, 3.63) is 34.3 Å². The van der Waals surface area contributed by atoms with Gasteiger partial charge in [-0.05, 0) is 43.6 Å². The number of likely N-dealkylation sites (N-methyl/N-ethyl adjacent to an activating group) is 1. The molecule has 1 N–H and O–H groups in total. The summed E-state index contributed by atoms with van der Waals surface area (Å²) in [4.78, 5) is 14.4. The molecule has 0 radical (unpaired) electrons. The van der Waals surface area contributed by atoms with Crippen molar-refractivity contribution in [2.75, 3.05) is 27.2 Å². The largest absolute Gasteiger partial charge is 0.368 e. The first-order valence-electron chi connectivity index (χ1n) is 6.83. The molecule has 0 bridgehead atoms. The minimum absolute atomic E-state index is 0.0735. The Morgan fingerprint density at radius 3 is 2.50 bits per heavy atom. The van der Waals surface area contributed by atoms with Gasteiger partial charge >= 0.3 is 0 Å². The van der Waals surface area contributed by atoms with Gasteiger partial charge in [0.1, 0.15) is 5.60 Å². The molecule has 0 saturated carbocycles. The third-order valence-electron chi connectivity index (χ3n) is 3.87. The molecule has 2 rings (SSSR count). The van der Waals surface area contributed by atoms with Crippen LogP contribution in [0.1, 0.15) is 18.4 Å². The van der Waals surface area contributed by atoms with Gasteiger partial charge in [-0.25, -0.2) is 0 Å². The number of carbonyl (C=O) groups excluding carboxylic acids is 1. The Morgan fingerprint density at radius 1 is 1.35 bits per heavy atom. The van der Waals surface area contributed by atoms with E-state index in [2.05, 4.69) is 21.2 Å². The number of nitrogens with one attached hydrogen (secondary N) is 1. The fraction of sp³-hybridized carbons (Fsp3) is 0.533. The number of hydrogen-bond donors (Lipinski definition) is 1. The lowest BCUT2D eigenvalue weighted by atomic mass is 9.90. The number of benzene rings is 1. The summed E-state index contributed by atoms with van der Waals surface area (Å²) in [5.74, 6) is 0.0735. The number of nitrogens with zero attached hydrogens (tertiary/aromatic N) is 1. The van der Waals surface area contributed by atoms with Crippen LogP contribution in [-0.4, -0.2) is 43.7 Å². The highest BCUT2D eigenvalue weighted by Crippen LogP contribution is 2.25. The van der Waals surface area contributed by atoms with Crippen molar-refractivity contribution in [3.63, 3.8) is 0 Å². The Balaban J connectivity index is 2.05. The van der Waals surface area contributed by atoms with Gasteiger partial charge in [-0.2, -0.15) is 0 Å². The van der Waals surface area contributed by atoms with Crippen LogP contribution in [-0.2, 0) is 16.1 Å². The lowest BCUT2D eigenvalue weighted by Gasteiger charge is -2.37. The minimum atomic E-state index is -0.657. The number of amides is 1. The number of carbonyl (C=O) groups is 1. The summed E-state index contributed by atoms with van der Waals surface area (Å²) < 4.78 is 6.62. The molecule has 1 fully saturated rings. The molecule has 1 amide bonds. The highest BCUT2D eigenvalue weighted by molar-refractivity contribution is 9.10. The van der Waals surface area contributed by atoms with Crippen LogP contribution in [0.5, 0.6) is 0 Å². The van der Waals surface area contributed by atoms with Crippen LogP contribution >= 0.6 is 15.9 Å². The summed E-state index contributed by atoms with van der Waals surface area (Å²) in [6.07, 6.45) is 1.46. The Kier molecular flexibility index (Phi) is 5.18. The quantitative estimate of drug-likeness (QED) is 0.913. The van der Waals surface area contributed by atoms with Gasteiger partial charge < -0.3 is 15.0 Å². The van der Waals surface area contributed by atoms with Gasteiger partial charge in [0.25, 0.3) is 5.91 Å². The van der Waals surface area contributed by atoms with Gasteiger partial charge in [-0.1, -0.05) is 28.1 Å². The molecular weight excluding hydrogens is 320 g/mol. The molecule has 1 aliphatic rings. The second-order valence-electron chi connectivity index (χ2n) is 5.24. The van der Waals surface area contributed by atoms with Crippen LogP contribution in [0.4, 0.5) is 0 Å². The Morgan fingerprint density at radius 2 is 1.95 bits per heavy atom. The third-order valence-corrected chi connectivity index (χ3v) is 4.40. The van der Waals surface area contributed by atoms with Gasteiger partial charge in [-0.15, -0.1) is 0 Å². The Labute approximate surface area is 128 Å². The second kappa shape index (κ2) is 6.70. The summed E-state index contributed by atoms with van der Waals surface area (Å²) in [5, 5.41) is 3.27. The van der Waals surface area contributed by atoms with E-state index in [4.69, 9.17) is 4.74 Å². The van der Waals surface area contributed by atoms with Crippen LogP contribution in [0.2, 0.25) is 0 Å². The zero-order chi connectivity index (χ0) is 14.6. The molecular formula is C15H21BrN2O2. The molecule has 1 saturated heterocycles. The molecule has 1 aromatic rings. The fourth-order valence-corrected chi connectivity index (χ4v) is 2.88. The van der Waals surface area contributed by atoms with Gasteiger partial charge in [-0.3, -0.25) is 4.79 Å². The molecule has 1 heterocycles. The standard InChI is InChI=1S/C15H21BrN2O2/c1-18(11-12-3-5-13(16)6-4-12)14(19)15(20-2)7-9-17-10-8-15/h3-6,17H,7-11H2,1-2H3. The summed E-state index contributed by atoms with van der Waals surface area (Å²) in [5.41, 5.74) is 0.458. The minimum Gasteiger partial charge on any atom is -0.368 e. The predicted octanol–water partition coefficient (Wildman–Crippen LogP) is 2.18. The van der Waals surface area contributed by atoms with Crippen molar-refractivity contribution in [3.8, 4) is 0 Å². The molecule has 20 heavy (non-hydrogen) atoms. The molecule has 0 unspecified atom stereocenters. The van der Waals surface area contributed by atoms with Crippen LogP contribution in [0.25, 0.3) is 0 Å². The highest BCUT2D eigenvalue weighted by atomic mass is 79.9.